The number of halogens is 2. The first kappa shape index (κ1) is 22.0. The number of carbonyl (C=O) groups excluding carboxylic acids is 2. The summed E-state index contributed by atoms with van der Waals surface area (Å²) in [5.74, 6) is 0.0777. The van der Waals surface area contributed by atoms with E-state index in [9.17, 15) is 9.59 Å². The Bertz CT molecular complexity index is 858. The monoisotopic (exact) mass is 469 g/mol. The summed E-state index contributed by atoms with van der Waals surface area (Å²) in [5, 5.41) is 3.29. The molecule has 0 aliphatic carbocycles. The van der Waals surface area contributed by atoms with Crippen molar-refractivity contribution in [3.63, 3.8) is 0 Å². The van der Waals surface area contributed by atoms with E-state index in [0.717, 1.165) is 0 Å². The van der Waals surface area contributed by atoms with E-state index in [-0.39, 0.29) is 6.42 Å². The van der Waals surface area contributed by atoms with Crippen LogP contribution >= 0.6 is 27.5 Å². The fraction of sp³-hybridized carbons (Fsp3) is 0.300. The van der Waals surface area contributed by atoms with Crippen LogP contribution < -0.4 is 14.8 Å². The van der Waals surface area contributed by atoms with Crippen molar-refractivity contribution in [3.05, 3.63) is 57.0 Å². The number of carbonyl (C=O) groups is 2. The maximum atomic E-state index is 12.9. The summed E-state index contributed by atoms with van der Waals surface area (Å²) >= 11 is 9.66. The zero-order valence-corrected chi connectivity index (χ0v) is 18.1. The van der Waals surface area contributed by atoms with Crippen molar-refractivity contribution in [2.45, 2.75) is 19.4 Å². The van der Waals surface area contributed by atoms with Crippen molar-refractivity contribution in [2.24, 2.45) is 0 Å². The van der Waals surface area contributed by atoms with E-state index in [4.69, 9.17) is 25.8 Å². The predicted octanol–water partition coefficient (Wildman–Crippen LogP) is 4.54. The average Bonchev–Trinajstić information content (AvgIpc) is 2.69. The van der Waals surface area contributed by atoms with Crippen molar-refractivity contribution in [1.82, 2.24) is 5.32 Å². The molecule has 0 aliphatic heterocycles. The van der Waals surface area contributed by atoms with Gasteiger partial charge in [0.05, 0.1) is 37.8 Å². The molecule has 28 heavy (non-hydrogen) atoms. The van der Waals surface area contributed by atoms with Gasteiger partial charge in [-0.3, -0.25) is 9.59 Å². The molecule has 1 unspecified atom stereocenters. The Labute approximate surface area is 177 Å². The first-order valence-electron chi connectivity index (χ1n) is 8.53. The van der Waals surface area contributed by atoms with Gasteiger partial charge in [0.25, 0.3) is 5.91 Å². The van der Waals surface area contributed by atoms with Crippen molar-refractivity contribution >= 4 is 39.4 Å². The summed E-state index contributed by atoms with van der Waals surface area (Å²) in [7, 11) is 2.79. The number of benzene rings is 2. The second-order valence-corrected chi connectivity index (χ2v) is 7.01. The highest BCUT2D eigenvalue weighted by Crippen LogP contribution is 2.37. The fourth-order valence-electron chi connectivity index (χ4n) is 2.62. The van der Waals surface area contributed by atoms with Crippen LogP contribution in [0.2, 0.25) is 5.02 Å². The molecule has 1 amide bonds. The highest BCUT2D eigenvalue weighted by atomic mass is 79.9. The van der Waals surface area contributed by atoms with Crippen LogP contribution in [-0.2, 0) is 9.53 Å². The molecule has 0 fully saturated rings. The van der Waals surface area contributed by atoms with E-state index in [1.165, 1.54) is 14.2 Å². The minimum atomic E-state index is -0.648. The molecule has 0 radical (unpaired) electrons. The molecule has 0 saturated heterocycles. The number of hydrogen-bond donors (Lipinski definition) is 1. The van der Waals surface area contributed by atoms with E-state index in [0.29, 0.717) is 38.7 Å². The quantitative estimate of drug-likeness (QED) is 0.573. The SMILES string of the molecule is CCOc1c(Br)cc(C(=O)NC(CC(=O)OC)c2ccccc2Cl)cc1OC. The summed E-state index contributed by atoms with van der Waals surface area (Å²) in [6, 6.07) is 9.57. The maximum absolute atomic E-state index is 12.9. The van der Waals surface area contributed by atoms with Gasteiger partial charge in [-0.1, -0.05) is 29.8 Å². The summed E-state index contributed by atoms with van der Waals surface area (Å²) < 4.78 is 16.2. The summed E-state index contributed by atoms with van der Waals surface area (Å²) in [6.45, 7) is 2.31. The van der Waals surface area contributed by atoms with Gasteiger partial charge < -0.3 is 19.5 Å². The topological polar surface area (TPSA) is 73.9 Å². The van der Waals surface area contributed by atoms with Gasteiger partial charge in [-0.15, -0.1) is 0 Å². The smallest absolute Gasteiger partial charge is 0.307 e. The van der Waals surface area contributed by atoms with E-state index in [2.05, 4.69) is 21.2 Å². The van der Waals surface area contributed by atoms with E-state index in [1.807, 2.05) is 6.92 Å². The van der Waals surface area contributed by atoms with Crippen LogP contribution in [-0.4, -0.2) is 32.7 Å². The fourth-order valence-corrected chi connectivity index (χ4v) is 3.45. The minimum absolute atomic E-state index is 0.0543. The Morgan fingerprint density at radius 3 is 2.54 bits per heavy atom. The molecule has 0 saturated carbocycles. The van der Waals surface area contributed by atoms with Crippen LogP contribution in [0.5, 0.6) is 11.5 Å². The molecule has 1 atom stereocenters. The molecular formula is C20H21BrClNO5. The molecule has 0 spiro atoms. The molecule has 1 N–H and O–H groups in total. The lowest BCUT2D eigenvalue weighted by Gasteiger charge is -2.20. The van der Waals surface area contributed by atoms with Gasteiger partial charge in [-0.2, -0.15) is 0 Å². The minimum Gasteiger partial charge on any atom is -0.493 e. The number of hydrogen-bond acceptors (Lipinski definition) is 5. The number of nitrogens with one attached hydrogen (secondary N) is 1. The van der Waals surface area contributed by atoms with Gasteiger partial charge in [0, 0.05) is 10.6 Å². The zero-order valence-electron chi connectivity index (χ0n) is 15.8. The Kier molecular flexibility index (Phi) is 8.14. The lowest BCUT2D eigenvalue weighted by Crippen LogP contribution is -2.30. The van der Waals surface area contributed by atoms with Crippen LogP contribution in [0, 0.1) is 0 Å². The average molecular weight is 471 g/mol. The van der Waals surface area contributed by atoms with E-state index in [1.54, 1.807) is 36.4 Å². The van der Waals surface area contributed by atoms with Crippen molar-refractivity contribution in [3.8, 4) is 11.5 Å². The molecule has 0 heterocycles. The molecule has 2 rings (SSSR count). The van der Waals surface area contributed by atoms with Crippen LogP contribution in [0.25, 0.3) is 0 Å². The number of methoxy groups -OCH3 is 2. The Hall–Kier alpha value is -2.25. The molecule has 8 heteroatoms. The lowest BCUT2D eigenvalue weighted by molar-refractivity contribution is -0.141. The van der Waals surface area contributed by atoms with Gasteiger partial charge >= 0.3 is 5.97 Å². The molecule has 0 bridgehead atoms. The largest absolute Gasteiger partial charge is 0.493 e. The summed E-state index contributed by atoms with van der Waals surface area (Å²) in [6.07, 6.45) is -0.0543. The highest BCUT2D eigenvalue weighted by molar-refractivity contribution is 9.10. The first-order chi connectivity index (χ1) is 13.4. The molecule has 2 aromatic rings. The van der Waals surface area contributed by atoms with Crippen LogP contribution in [0.4, 0.5) is 0 Å². The number of amides is 1. The highest BCUT2D eigenvalue weighted by Gasteiger charge is 2.23. The molecule has 0 aliphatic rings. The summed E-state index contributed by atoms with van der Waals surface area (Å²) in [5.41, 5.74) is 0.967. The Morgan fingerprint density at radius 1 is 1.21 bits per heavy atom. The predicted molar refractivity (Wildman–Crippen MR) is 110 cm³/mol. The van der Waals surface area contributed by atoms with Crippen molar-refractivity contribution in [2.75, 3.05) is 20.8 Å². The third-order valence-electron chi connectivity index (χ3n) is 3.96. The van der Waals surface area contributed by atoms with Crippen molar-refractivity contribution < 1.29 is 23.8 Å². The molecule has 150 valence electrons. The standard InChI is InChI=1S/C20H21BrClNO5/c1-4-28-19-14(21)9-12(10-17(19)26-2)20(25)23-16(11-18(24)27-3)13-7-5-6-8-15(13)22/h5-10,16H,4,11H2,1-3H3,(H,23,25). The van der Waals surface area contributed by atoms with Gasteiger partial charge in [0.1, 0.15) is 0 Å². The second-order valence-electron chi connectivity index (χ2n) is 5.75. The van der Waals surface area contributed by atoms with Gasteiger partial charge in [-0.25, -0.2) is 0 Å². The van der Waals surface area contributed by atoms with Crippen LogP contribution in [0.3, 0.4) is 0 Å². The van der Waals surface area contributed by atoms with E-state index >= 15 is 0 Å². The van der Waals surface area contributed by atoms with Gasteiger partial charge in [0.15, 0.2) is 11.5 Å². The zero-order chi connectivity index (χ0) is 20.7. The second kappa shape index (κ2) is 10.3. The number of rotatable bonds is 8. The molecule has 0 aromatic heterocycles. The third-order valence-corrected chi connectivity index (χ3v) is 4.90. The molecule has 6 nitrogen and oxygen atoms in total. The van der Waals surface area contributed by atoms with Gasteiger partial charge in [0.2, 0.25) is 0 Å². The maximum Gasteiger partial charge on any atom is 0.307 e. The van der Waals surface area contributed by atoms with Gasteiger partial charge in [-0.05, 0) is 46.6 Å². The Morgan fingerprint density at radius 2 is 1.93 bits per heavy atom. The normalized spacial score (nSPS) is 11.5. The van der Waals surface area contributed by atoms with Crippen molar-refractivity contribution in [1.29, 1.82) is 0 Å². The van der Waals surface area contributed by atoms with E-state index < -0.39 is 17.9 Å². The third kappa shape index (κ3) is 5.39. The number of esters is 1. The number of ether oxygens (including phenoxy) is 3. The Balaban J connectivity index is 2.34. The molecular weight excluding hydrogens is 450 g/mol. The summed E-state index contributed by atoms with van der Waals surface area (Å²) in [4.78, 5) is 24.7. The van der Waals surface area contributed by atoms with Crippen LogP contribution in [0.15, 0.2) is 40.9 Å². The van der Waals surface area contributed by atoms with Crippen LogP contribution in [0.1, 0.15) is 35.3 Å². The first-order valence-corrected chi connectivity index (χ1v) is 9.70. The lowest BCUT2D eigenvalue weighted by atomic mass is 10.0. The molecule has 2 aromatic carbocycles.